The van der Waals surface area contributed by atoms with Crippen molar-refractivity contribution >= 4 is 39.1 Å². The van der Waals surface area contributed by atoms with Crippen molar-refractivity contribution in [1.82, 2.24) is 10.2 Å². The minimum atomic E-state index is -3.79. The zero-order valence-corrected chi connectivity index (χ0v) is 22.0. The van der Waals surface area contributed by atoms with Crippen LogP contribution in [0.4, 0.5) is 5.69 Å². The smallest absolute Gasteiger partial charge is 0.244 e. The molecule has 0 aromatic heterocycles. The Morgan fingerprint density at radius 3 is 2.41 bits per heavy atom. The second-order valence-corrected chi connectivity index (χ2v) is 10.8. The lowest BCUT2D eigenvalue weighted by atomic mass is 10.1. The number of hydrogen-bond acceptors (Lipinski definition) is 4. The summed E-state index contributed by atoms with van der Waals surface area (Å²) >= 11 is 6.21. The van der Waals surface area contributed by atoms with Gasteiger partial charge in [0.05, 0.1) is 11.9 Å². The first-order chi connectivity index (χ1) is 15.9. The van der Waals surface area contributed by atoms with Gasteiger partial charge in [0, 0.05) is 18.1 Å². The number of hydrogen-bond donors (Lipinski definition) is 1. The lowest BCUT2D eigenvalue weighted by molar-refractivity contribution is -0.139. The number of anilines is 1. The summed E-state index contributed by atoms with van der Waals surface area (Å²) in [5, 5.41) is 3.26. The van der Waals surface area contributed by atoms with E-state index in [1.807, 2.05) is 45.0 Å². The Morgan fingerprint density at radius 2 is 1.82 bits per heavy atom. The van der Waals surface area contributed by atoms with Gasteiger partial charge in [0.1, 0.15) is 12.6 Å². The largest absolute Gasteiger partial charge is 0.354 e. The van der Waals surface area contributed by atoms with E-state index in [0.29, 0.717) is 17.3 Å². The summed E-state index contributed by atoms with van der Waals surface area (Å²) in [7, 11) is -3.79. The molecular formula is C25H34ClN3O4S. The maximum absolute atomic E-state index is 13.5. The second-order valence-electron chi connectivity index (χ2n) is 8.53. The van der Waals surface area contributed by atoms with E-state index in [2.05, 4.69) is 5.32 Å². The van der Waals surface area contributed by atoms with E-state index >= 15 is 0 Å². The molecule has 2 aromatic carbocycles. The molecule has 34 heavy (non-hydrogen) atoms. The minimum Gasteiger partial charge on any atom is -0.354 e. The molecule has 0 aliphatic heterocycles. The fourth-order valence-electron chi connectivity index (χ4n) is 3.48. The van der Waals surface area contributed by atoms with Gasteiger partial charge in [0.2, 0.25) is 21.8 Å². The minimum absolute atomic E-state index is 0.176. The molecule has 0 heterocycles. The molecule has 1 atom stereocenters. The van der Waals surface area contributed by atoms with Crippen LogP contribution >= 0.6 is 11.6 Å². The van der Waals surface area contributed by atoms with Crippen LogP contribution in [0.2, 0.25) is 5.02 Å². The van der Waals surface area contributed by atoms with Crippen LogP contribution in [-0.2, 0) is 26.2 Å². The number of sulfonamides is 1. The summed E-state index contributed by atoms with van der Waals surface area (Å²) in [4.78, 5) is 27.7. The topological polar surface area (TPSA) is 86.8 Å². The van der Waals surface area contributed by atoms with E-state index in [1.165, 1.54) is 11.0 Å². The van der Waals surface area contributed by atoms with Crippen LogP contribution in [0.25, 0.3) is 0 Å². The van der Waals surface area contributed by atoms with Gasteiger partial charge in [0.15, 0.2) is 0 Å². The Bertz CT molecular complexity index is 1120. The molecule has 186 valence electrons. The van der Waals surface area contributed by atoms with Crippen LogP contribution in [0.1, 0.15) is 43.4 Å². The first-order valence-electron chi connectivity index (χ1n) is 11.3. The van der Waals surface area contributed by atoms with Gasteiger partial charge in [-0.15, -0.1) is 0 Å². The Kier molecular flexibility index (Phi) is 9.94. The molecule has 0 saturated heterocycles. The predicted octanol–water partition coefficient (Wildman–Crippen LogP) is 4.06. The summed E-state index contributed by atoms with van der Waals surface area (Å²) < 4.78 is 26.2. The number of rotatable bonds is 11. The standard InChI is InChI=1S/C25H34ClN3O4S/c1-6-7-13-27-25(31)20(4)28(16-21-10-8-9-18(2)14-21)24(30)17-29(34(5,32)33)22-12-11-19(3)23(26)15-22/h8-12,14-15,20H,6-7,13,16-17H2,1-5H3,(H,27,31)/t20-/m1/s1. The number of aryl methyl sites for hydroxylation is 2. The third-order valence-electron chi connectivity index (χ3n) is 5.55. The number of nitrogens with zero attached hydrogens (tertiary/aromatic N) is 2. The molecule has 0 aliphatic rings. The molecule has 0 radical (unpaired) electrons. The van der Waals surface area contributed by atoms with Crippen LogP contribution in [-0.4, -0.2) is 50.5 Å². The van der Waals surface area contributed by atoms with Crippen molar-refractivity contribution in [3.8, 4) is 0 Å². The normalized spacial score (nSPS) is 12.2. The molecule has 2 aromatic rings. The van der Waals surface area contributed by atoms with Crippen molar-refractivity contribution in [2.45, 2.75) is 53.1 Å². The second kappa shape index (κ2) is 12.2. The maximum atomic E-state index is 13.5. The van der Waals surface area contributed by atoms with Crippen molar-refractivity contribution in [2.75, 3.05) is 23.7 Å². The number of nitrogens with one attached hydrogen (secondary N) is 1. The Hall–Kier alpha value is -2.58. The number of benzene rings is 2. The highest BCUT2D eigenvalue weighted by atomic mass is 35.5. The van der Waals surface area contributed by atoms with Crippen molar-refractivity contribution < 1.29 is 18.0 Å². The first-order valence-corrected chi connectivity index (χ1v) is 13.5. The number of unbranched alkanes of at least 4 members (excludes halogenated alkanes) is 1. The molecule has 2 rings (SSSR count). The summed E-state index contributed by atoms with van der Waals surface area (Å²) in [6, 6.07) is 11.7. The van der Waals surface area contributed by atoms with Gasteiger partial charge < -0.3 is 10.2 Å². The van der Waals surface area contributed by atoms with E-state index in [-0.39, 0.29) is 12.5 Å². The van der Waals surface area contributed by atoms with E-state index in [9.17, 15) is 18.0 Å². The van der Waals surface area contributed by atoms with Gasteiger partial charge in [-0.05, 0) is 50.5 Å². The zero-order valence-electron chi connectivity index (χ0n) is 20.5. The lowest BCUT2D eigenvalue weighted by Gasteiger charge is -2.31. The van der Waals surface area contributed by atoms with Crippen LogP contribution in [0.3, 0.4) is 0 Å². The lowest BCUT2D eigenvalue weighted by Crippen LogP contribution is -2.51. The summed E-state index contributed by atoms with van der Waals surface area (Å²) in [6.07, 6.45) is 2.81. The van der Waals surface area contributed by atoms with Crippen molar-refractivity contribution in [3.63, 3.8) is 0 Å². The predicted molar refractivity (Wildman–Crippen MR) is 137 cm³/mol. The highest BCUT2D eigenvalue weighted by molar-refractivity contribution is 7.92. The van der Waals surface area contributed by atoms with E-state index < -0.39 is 28.5 Å². The summed E-state index contributed by atoms with van der Waals surface area (Å²) in [5.74, 6) is -0.763. The molecule has 0 spiro atoms. The average Bonchev–Trinajstić information content (AvgIpc) is 2.76. The molecule has 0 unspecified atom stereocenters. The van der Waals surface area contributed by atoms with Crippen LogP contribution in [0, 0.1) is 13.8 Å². The Morgan fingerprint density at radius 1 is 1.12 bits per heavy atom. The average molecular weight is 508 g/mol. The number of amides is 2. The van der Waals surface area contributed by atoms with Crippen molar-refractivity contribution in [3.05, 3.63) is 64.2 Å². The van der Waals surface area contributed by atoms with E-state index in [1.54, 1.807) is 19.1 Å². The molecular weight excluding hydrogens is 474 g/mol. The highest BCUT2D eigenvalue weighted by Crippen LogP contribution is 2.25. The van der Waals surface area contributed by atoms with Gasteiger partial charge in [-0.25, -0.2) is 8.42 Å². The van der Waals surface area contributed by atoms with Crippen LogP contribution in [0.5, 0.6) is 0 Å². The van der Waals surface area contributed by atoms with Crippen LogP contribution < -0.4 is 9.62 Å². The molecule has 0 bridgehead atoms. The Labute approximate surface area is 208 Å². The van der Waals surface area contributed by atoms with Crippen molar-refractivity contribution in [2.24, 2.45) is 0 Å². The maximum Gasteiger partial charge on any atom is 0.244 e. The molecule has 0 aliphatic carbocycles. The third kappa shape index (κ3) is 7.74. The van der Waals surface area contributed by atoms with Crippen molar-refractivity contribution in [1.29, 1.82) is 0 Å². The SMILES string of the molecule is CCCCNC(=O)[C@@H](C)N(Cc1cccc(C)c1)C(=O)CN(c1ccc(C)c(Cl)c1)S(C)(=O)=O. The number of halogens is 1. The number of carbonyl (C=O) groups is 2. The summed E-state index contributed by atoms with van der Waals surface area (Å²) in [5.41, 5.74) is 2.97. The first kappa shape index (κ1) is 27.7. The molecule has 1 N–H and O–H groups in total. The van der Waals surface area contributed by atoms with Gasteiger partial charge in [-0.1, -0.05) is 60.8 Å². The van der Waals surface area contributed by atoms with Gasteiger partial charge in [0.25, 0.3) is 0 Å². The molecule has 7 nitrogen and oxygen atoms in total. The molecule has 0 fully saturated rings. The number of carbonyl (C=O) groups excluding carboxylic acids is 2. The monoisotopic (exact) mass is 507 g/mol. The van der Waals surface area contributed by atoms with Crippen LogP contribution in [0.15, 0.2) is 42.5 Å². The molecule has 9 heteroatoms. The highest BCUT2D eigenvalue weighted by Gasteiger charge is 2.30. The van der Waals surface area contributed by atoms with E-state index in [0.717, 1.165) is 40.1 Å². The van der Waals surface area contributed by atoms with E-state index in [4.69, 9.17) is 11.6 Å². The third-order valence-corrected chi connectivity index (χ3v) is 7.10. The molecule has 2 amide bonds. The zero-order chi connectivity index (χ0) is 25.5. The van der Waals surface area contributed by atoms with Gasteiger partial charge in [-0.3, -0.25) is 13.9 Å². The quantitative estimate of drug-likeness (QED) is 0.465. The fourth-order valence-corrected chi connectivity index (χ4v) is 4.49. The van der Waals surface area contributed by atoms with Gasteiger partial charge in [-0.2, -0.15) is 0 Å². The Balaban J connectivity index is 2.37. The fraction of sp³-hybridized carbons (Fsp3) is 0.440. The summed E-state index contributed by atoms with van der Waals surface area (Å²) in [6.45, 7) is 7.69. The molecule has 0 saturated carbocycles. The van der Waals surface area contributed by atoms with Gasteiger partial charge >= 0.3 is 0 Å².